The summed E-state index contributed by atoms with van der Waals surface area (Å²) in [5, 5.41) is 12.8. The Morgan fingerprint density at radius 3 is 2.58 bits per heavy atom. The number of aliphatic hydroxyl groups excluding tert-OH is 1. The first-order chi connectivity index (χ1) is 9.13. The number of aromatic nitrogens is 3. The second kappa shape index (κ2) is 6.01. The number of nitrogens with one attached hydrogen (secondary N) is 1. The van der Waals surface area contributed by atoms with Gasteiger partial charge in [-0.3, -0.25) is 0 Å². The fourth-order valence-electron chi connectivity index (χ4n) is 1.95. The van der Waals surface area contributed by atoms with E-state index in [9.17, 15) is 5.11 Å². The minimum absolute atomic E-state index is 0.195. The average Bonchev–Trinajstić information content (AvgIpc) is 3.21. The zero-order valence-electron chi connectivity index (χ0n) is 11.5. The zero-order valence-corrected chi connectivity index (χ0v) is 11.5. The van der Waals surface area contributed by atoms with Gasteiger partial charge in [-0.2, -0.15) is 15.0 Å². The van der Waals surface area contributed by atoms with Crippen LogP contribution in [0, 0.1) is 5.92 Å². The molecule has 106 valence electrons. The predicted molar refractivity (Wildman–Crippen MR) is 75.0 cm³/mol. The first kappa shape index (κ1) is 13.8. The highest BCUT2D eigenvalue weighted by Gasteiger charge is 2.29. The summed E-state index contributed by atoms with van der Waals surface area (Å²) in [5.74, 6) is 1.62. The highest BCUT2D eigenvalue weighted by molar-refractivity contribution is 5.41. The van der Waals surface area contributed by atoms with E-state index < -0.39 is 0 Å². The Morgan fingerprint density at radius 1 is 1.32 bits per heavy atom. The molecule has 2 rings (SSSR count). The predicted octanol–water partition coefficient (Wildman–Crippen LogP) is 0.483. The Hall–Kier alpha value is -1.63. The van der Waals surface area contributed by atoms with Crippen molar-refractivity contribution in [1.82, 2.24) is 15.0 Å². The summed E-state index contributed by atoms with van der Waals surface area (Å²) in [6.45, 7) is 6.14. The van der Waals surface area contributed by atoms with Crippen molar-refractivity contribution in [3.8, 4) is 0 Å². The van der Waals surface area contributed by atoms with Crippen LogP contribution in [0.1, 0.15) is 26.7 Å². The summed E-state index contributed by atoms with van der Waals surface area (Å²) in [6, 6.07) is 0. The van der Waals surface area contributed by atoms with Gasteiger partial charge in [0, 0.05) is 19.6 Å². The van der Waals surface area contributed by atoms with Crippen LogP contribution in [0.5, 0.6) is 0 Å². The highest BCUT2D eigenvalue weighted by atomic mass is 16.3. The Labute approximate surface area is 113 Å². The van der Waals surface area contributed by atoms with E-state index in [-0.39, 0.29) is 12.1 Å². The monoisotopic (exact) mass is 266 g/mol. The molecule has 7 heteroatoms. The minimum atomic E-state index is -0.338. The third kappa shape index (κ3) is 3.66. The number of nitrogens with two attached hydrogens (primary N) is 1. The van der Waals surface area contributed by atoms with Gasteiger partial charge in [-0.15, -0.1) is 0 Å². The van der Waals surface area contributed by atoms with E-state index in [1.807, 2.05) is 18.7 Å². The molecular formula is C12H22N6O. The highest BCUT2D eigenvalue weighted by Crippen LogP contribution is 2.32. The quantitative estimate of drug-likeness (QED) is 0.660. The van der Waals surface area contributed by atoms with Gasteiger partial charge in [0.1, 0.15) is 0 Å². The summed E-state index contributed by atoms with van der Waals surface area (Å²) in [4.78, 5) is 14.5. The molecule has 7 nitrogen and oxygen atoms in total. The molecule has 1 aliphatic rings. The van der Waals surface area contributed by atoms with Crippen LogP contribution in [0.15, 0.2) is 0 Å². The number of rotatable bonds is 7. The summed E-state index contributed by atoms with van der Waals surface area (Å²) in [5.41, 5.74) is 5.69. The molecule has 0 aromatic carbocycles. The van der Waals surface area contributed by atoms with Crippen LogP contribution >= 0.6 is 0 Å². The SMILES string of the molecule is CCN(CC)c1nc(N)nc(NCC(O)C2CC2)n1. The summed E-state index contributed by atoms with van der Waals surface area (Å²) in [6.07, 6.45) is 1.87. The largest absolute Gasteiger partial charge is 0.391 e. The summed E-state index contributed by atoms with van der Waals surface area (Å²) < 4.78 is 0. The third-order valence-corrected chi connectivity index (χ3v) is 3.32. The molecule has 1 aromatic rings. The van der Waals surface area contributed by atoms with E-state index in [0.717, 1.165) is 25.9 Å². The molecule has 0 bridgehead atoms. The van der Waals surface area contributed by atoms with E-state index in [1.54, 1.807) is 0 Å². The van der Waals surface area contributed by atoms with Crippen molar-refractivity contribution in [2.24, 2.45) is 5.92 Å². The van der Waals surface area contributed by atoms with Crippen LogP contribution in [-0.4, -0.2) is 45.8 Å². The molecule has 19 heavy (non-hydrogen) atoms. The Kier molecular flexibility index (Phi) is 4.36. The molecule has 1 atom stereocenters. The third-order valence-electron chi connectivity index (χ3n) is 3.32. The lowest BCUT2D eigenvalue weighted by Gasteiger charge is -2.19. The maximum absolute atomic E-state index is 9.82. The normalized spacial score (nSPS) is 16.2. The van der Waals surface area contributed by atoms with E-state index in [4.69, 9.17) is 5.73 Å². The van der Waals surface area contributed by atoms with Crippen molar-refractivity contribution in [1.29, 1.82) is 0 Å². The maximum atomic E-state index is 9.82. The van der Waals surface area contributed by atoms with Crippen molar-refractivity contribution < 1.29 is 5.11 Å². The second-order valence-electron chi connectivity index (χ2n) is 4.78. The van der Waals surface area contributed by atoms with Crippen LogP contribution in [0.4, 0.5) is 17.8 Å². The number of nitrogens with zero attached hydrogens (tertiary/aromatic N) is 4. The minimum Gasteiger partial charge on any atom is -0.391 e. The smallest absolute Gasteiger partial charge is 0.231 e. The molecule has 1 heterocycles. The van der Waals surface area contributed by atoms with E-state index in [0.29, 0.717) is 24.4 Å². The molecule has 0 amide bonds. The molecule has 1 aliphatic carbocycles. The number of hydrogen-bond acceptors (Lipinski definition) is 7. The molecule has 0 saturated heterocycles. The van der Waals surface area contributed by atoms with Gasteiger partial charge in [-0.1, -0.05) is 0 Å². The molecule has 1 fully saturated rings. The van der Waals surface area contributed by atoms with Crippen molar-refractivity contribution in [2.45, 2.75) is 32.8 Å². The van der Waals surface area contributed by atoms with Crippen molar-refractivity contribution in [3.05, 3.63) is 0 Å². The van der Waals surface area contributed by atoms with Gasteiger partial charge in [0.25, 0.3) is 0 Å². The number of nitrogen functional groups attached to an aromatic ring is 1. The van der Waals surface area contributed by atoms with Gasteiger partial charge < -0.3 is 21.1 Å². The molecule has 0 spiro atoms. The van der Waals surface area contributed by atoms with E-state index in [2.05, 4.69) is 20.3 Å². The fourth-order valence-corrected chi connectivity index (χ4v) is 1.95. The standard InChI is InChI=1S/C12H22N6O/c1-3-18(4-2)12-16-10(13)15-11(17-12)14-7-9(19)8-5-6-8/h8-9,19H,3-7H2,1-2H3,(H3,13,14,15,16,17). The molecule has 1 unspecified atom stereocenters. The second-order valence-corrected chi connectivity index (χ2v) is 4.78. The number of hydrogen-bond donors (Lipinski definition) is 3. The molecule has 1 aromatic heterocycles. The van der Waals surface area contributed by atoms with Gasteiger partial charge in [0.2, 0.25) is 17.8 Å². The van der Waals surface area contributed by atoms with E-state index >= 15 is 0 Å². The Morgan fingerprint density at radius 2 is 2.00 bits per heavy atom. The van der Waals surface area contributed by atoms with Gasteiger partial charge in [-0.05, 0) is 32.6 Å². The van der Waals surface area contributed by atoms with Crippen molar-refractivity contribution >= 4 is 17.8 Å². The number of anilines is 3. The zero-order chi connectivity index (χ0) is 13.8. The van der Waals surface area contributed by atoms with Crippen LogP contribution in [0.3, 0.4) is 0 Å². The lowest BCUT2D eigenvalue weighted by molar-refractivity contribution is 0.164. The van der Waals surface area contributed by atoms with E-state index in [1.165, 1.54) is 0 Å². The summed E-state index contributed by atoms with van der Waals surface area (Å²) in [7, 11) is 0. The molecule has 0 radical (unpaired) electrons. The first-order valence-electron chi connectivity index (χ1n) is 6.82. The van der Waals surface area contributed by atoms with Crippen molar-refractivity contribution in [2.75, 3.05) is 35.6 Å². The molecule has 0 aliphatic heterocycles. The molecule has 1 saturated carbocycles. The Balaban J connectivity index is 2.02. The van der Waals surface area contributed by atoms with Crippen LogP contribution in [-0.2, 0) is 0 Å². The van der Waals surface area contributed by atoms with Gasteiger partial charge in [0.15, 0.2) is 0 Å². The van der Waals surface area contributed by atoms with Crippen LogP contribution in [0.25, 0.3) is 0 Å². The van der Waals surface area contributed by atoms with Crippen LogP contribution in [0.2, 0.25) is 0 Å². The number of aliphatic hydroxyl groups is 1. The first-order valence-corrected chi connectivity index (χ1v) is 6.82. The van der Waals surface area contributed by atoms with Crippen molar-refractivity contribution in [3.63, 3.8) is 0 Å². The fraction of sp³-hybridized carbons (Fsp3) is 0.750. The maximum Gasteiger partial charge on any atom is 0.231 e. The van der Waals surface area contributed by atoms with Gasteiger partial charge in [-0.25, -0.2) is 0 Å². The average molecular weight is 266 g/mol. The summed E-state index contributed by atoms with van der Waals surface area (Å²) >= 11 is 0. The van der Waals surface area contributed by atoms with Crippen LogP contribution < -0.4 is 16.0 Å². The lowest BCUT2D eigenvalue weighted by atomic mass is 10.2. The topological polar surface area (TPSA) is 100 Å². The lowest BCUT2D eigenvalue weighted by Crippen LogP contribution is -2.27. The molecule has 4 N–H and O–H groups in total. The molecular weight excluding hydrogens is 244 g/mol. The Bertz CT molecular complexity index is 419. The van der Waals surface area contributed by atoms with Gasteiger partial charge in [0.05, 0.1) is 6.10 Å². The van der Waals surface area contributed by atoms with Gasteiger partial charge >= 0.3 is 0 Å².